The Balaban J connectivity index is 1.54. The van der Waals surface area contributed by atoms with Gasteiger partial charge in [0.05, 0.1) is 28.4 Å². The van der Waals surface area contributed by atoms with Crippen molar-refractivity contribution < 1.29 is 9.90 Å². The van der Waals surface area contributed by atoms with Crippen molar-refractivity contribution in [2.45, 2.75) is 31.9 Å². The maximum atomic E-state index is 13.4. The van der Waals surface area contributed by atoms with Crippen molar-refractivity contribution in [1.82, 2.24) is 24.8 Å². The number of fused-ring (bicyclic) bond motifs is 2. The lowest BCUT2D eigenvalue weighted by atomic mass is 10.0. The van der Waals surface area contributed by atoms with E-state index in [1.165, 1.54) is 17.7 Å². The first-order valence-corrected chi connectivity index (χ1v) is 11.6. The van der Waals surface area contributed by atoms with Crippen LogP contribution in [-0.4, -0.2) is 55.0 Å². The number of aliphatic hydroxyl groups is 1. The molecule has 0 radical (unpaired) electrons. The molecule has 0 aliphatic carbocycles. The van der Waals surface area contributed by atoms with Gasteiger partial charge >= 0.3 is 0 Å². The van der Waals surface area contributed by atoms with E-state index in [4.69, 9.17) is 16.6 Å². The Morgan fingerprint density at radius 2 is 2.09 bits per heavy atom. The van der Waals surface area contributed by atoms with E-state index in [-0.39, 0.29) is 18.1 Å². The number of halogens is 1. The van der Waals surface area contributed by atoms with Gasteiger partial charge in [-0.3, -0.25) is 4.79 Å². The van der Waals surface area contributed by atoms with Crippen molar-refractivity contribution in [3.05, 3.63) is 52.5 Å². The zero-order valence-corrected chi connectivity index (χ0v) is 18.9. The number of hydrogen-bond acceptors (Lipinski definition) is 8. The predicted molar refractivity (Wildman–Crippen MR) is 125 cm³/mol. The van der Waals surface area contributed by atoms with Crippen LogP contribution in [-0.2, 0) is 0 Å². The van der Waals surface area contributed by atoms with Crippen LogP contribution in [0.4, 0.5) is 5.82 Å². The van der Waals surface area contributed by atoms with Crippen molar-refractivity contribution in [3.8, 4) is 0 Å². The largest absolute Gasteiger partial charge is 0.393 e. The van der Waals surface area contributed by atoms with Gasteiger partial charge in [-0.15, -0.1) is 11.3 Å². The van der Waals surface area contributed by atoms with Crippen LogP contribution in [0.5, 0.6) is 0 Å². The van der Waals surface area contributed by atoms with Crippen molar-refractivity contribution in [3.63, 3.8) is 0 Å². The first-order valence-electron chi connectivity index (χ1n) is 10.4. The number of rotatable bonds is 4. The van der Waals surface area contributed by atoms with Crippen molar-refractivity contribution in [2.75, 3.05) is 18.4 Å². The summed E-state index contributed by atoms with van der Waals surface area (Å²) in [6.07, 6.45) is 2.26. The molecule has 0 bridgehead atoms. The van der Waals surface area contributed by atoms with Gasteiger partial charge in [0.1, 0.15) is 22.4 Å². The summed E-state index contributed by atoms with van der Waals surface area (Å²) < 4.78 is 0. The van der Waals surface area contributed by atoms with Crippen molar-refractivity contribution in [1.29, 1.82) is 0 Å². The van der Waals surface area contributed by atoms with Crippen LogP contribution in [0.1, 0.15) is 42.0 Å². The lowest BCUT2D eigenvalue weighted by molar-refractivity contribution is 0.0543. The molecule has 10 heteroatoms. The molecule has 1 atom stereocenters. The molecule has 0 spiro atoms. The third-order valence-corrected chi connectivity index (χ3v) is 6.76. The van der Waals surface area contributed by atoms with E-state index in [1.807, 2.05) is 25.1 Å². The Hall–Kier alpha value is -2.88. The number of aliphatic hydroxyl groups excluding tert-OH is 1. The summed E-state index contributed by atoms with van der Waals surface area (Å²) in [4.78, 5) is 33.6. The van der Waals surface area contributed by atoms with E-state index in [1.54, 1.807) is 16.5 Å². The molecule has 8 nitrogen and oxygen atoms in total. The summed E-state index contributed by atoms with van der Waals surface area (Å²) in [7, 11) is 0. The summed E-state index contributed by atoms with van der Waals surface area (Å²) in [5.74, 6) is 0.447. The number of benzene rings is 1. The third-order valence-electron chi connectivity index (χ3n) is 5.71. The van der Waals surface area contributed by atoms with Crippen LogP contribution in [0.3, 0.4) is 0 Å². The Kier molecular flexibility index (Phi) is 5.62. The quantitative estimate of drug-likeness (QED) is 0.465. The first-order chi connectivity index (χ1) is 15.5. The number of nitrogens with zero attached hydrogens (tertiary/aromatic N) is 5. The van der Waals surface area contributed by atoms with Crippen LogP contribution < -0.4 is 5.32 Å². The standard InChI is InChI=1S/C22H21ClN6O2S/c1-12(27-20-19-21(25-10-24-20)32-11-26-19)16-9-13-3-2-4-15(23)17(13)18(28-16)22(31)29-7-5-14(30)6-8-29/h2-4,9-12,14,30H,5-8H2,1H3,(H,24,25,27)/t12-/m0/s1. The number of carbonyl (C=O) groups excluding carboxylic acids is 1. The average molecular weight is 469 g/mol. The zero-order valence-electron chi connectivity index (χ0n) is 17.3. The minimum Gasteiger partial charge on any atom is -0.393 e. The molecule has 1 aliphatic heterocycles. The molecular formula is C22H21ClN6O2S. The normalized spacial score (nSPS) is 15.9. The highest BCUT2D eigenvalue weighted by Gasteiger charge is 2.26. The molecule has 0 unspecified atom stereocenters. The molecule has 1 fully saturated rings. The molecule has 0 saturated carbocycles. The first kappa shape index (κ1) is 21.0. The van der Waals surface area contributed by atoms with Gasteiger partial charge in [0.25, 0.3) is 5.91 Å². The zero-order chi connectivity index (χ0) is 22.2. The number of thiazole rings is 1. The number of nitrogens with one attached hydrogen (secondary N) is 1. The fraction of sp³-hybridized carbons (Fsp3) is 0.318. The number of aromatic nitrogens is 4. The second-order valence-electron chi connectivity index (χ2n) is 7.85. The van der Waals surface area contributed by atoms with Crippen molar-refractivity contribution in [2.24, 2.45) is 0 Å². The van der Waals surface area contributed by atoms with E-state index in [0.717, 1.165) is 10.2 Å². The number of hydrogen-bond donors (Lipinski definition) is 2. The van der Waals surface area contributed by atoms with Gasteiger partial charge < -0.3 is 15.3 Å². The van der Waals surface area contributed by atoms with Crippen LogP contribution in [0.2, 0.25) is 5.02 Å². The number of amides is 1. The Bertz CT molecular complexity index is 1300. The predicted octanol–water partition coefficient (Wildman–Crippen LogP) is 4.06. The molecule has 2 N–H and O–H groups in total. The second-order valence-corrected chi connectivity index (χ2v) is 9.09. The minimum absolute atomic E-state index is 0.173. The van der Waals surface area contributed by atoms with Crippen LogP contribution >= 0.6 is 22.9 Å². The molecule has 164 valence electrons. The summed E-state index contributed by atoms with van der Waals surface area (Å²) in [6.45, 7) is 2.95. The van der Waals surface area contributed by atoms with Crippen molar-refractivity contribution >= 4 is 55.8 Å². The smallest absolute Gasteiger partial charge is 0.273 e. The summed E-state index contributed by atoms with van der Waals surface area (Å²) in [5, 5.41) is 15.1. The number of likely N-dealkylation sites (tertiary alicyclic amines) is 1. The molecule has 1 aliphatic rings. The van der Waals surface area contributed by atoms with Gasteiger partial charge in [0.2, 0.25) is 0 Å². The number of piperidine rings is 1. The van der Waals surface area contributed by atoms with Gasteiger partial charge in [-0.05, 0) is 37.3 Å². The van der Waals surface area contributed by atoms with Crippen LogP contribution in [0, 0.1) is 0 Å². The Morgan fingerprint density at radius 1 is 1.28 bits per heavy atom. The molecule has 32 heavy (non-hydrogen) atoms. The number of anilines is 1. The highest BCUT2D eigenvalue weighted by molar-refractivity contribution is 7.16. The molecule has 3 aromatic heterocycles. The van der Waals surface area contributed by atoms with E-state index in [9.17, 15) is 9.90 Å². The van der Waals surface area contributed by atoms with E-state index >= 15 is 0 Å². The fourth-order valence-electron chi connectivity index (χ4n) is 3.96. The van der Waals surface area contributed by atoms with Crippen LogP contribution in [0.25, 0.3) is 21.1 Å². The van der Waals surface area contributed by atoms with Gasteiger partial charge in [-0.1, -0.05) is 23.7 Å². The van der Waals surface area contributed by atoms with Gasteiger partial charge in [0, 0.05) is 18.5 Å². The number of carbonyl (C=O) groups is 1. The highest BCUT2D eigenvalue weighted by atomic mass is 35.5. The molecular weight excluding hydrogens is 448 g/mol. The SMILES string of the molecule is C[C@H](Nc1ncnc2scnc12)c1cc2cccc(Cl)c2c(C(=O)N2CCC(O)CC2)n1. The van der Waals surface area contributed by atoms with Crippen LogP contribution in [0.15, 0.2) is 36.1 Å². The topological polar surface area (TPSA) is 104 Å². The Labute approximate surface area is 193 Å². The molecule has 4 heterocycles. The molecule has 5 rings (SSSR count). The maximum Gasteiger partial charge on any atom is 0.273 e. The van der Waals surface area contributed by atoms with E-state index in [2.05, 4.69) is 20.3 Å². The second kappa shape index (κ2) is 8.57. The van der Waals surface area contributed by atoms with Gasteiger partial charge in [0.15, 0.2) is 5.82 Å². The van der Waals surface area contributed by atoms with E-state index in [0.29, 0.717) is 59.1 Å². The fourth-order valence-corrected chi connectivity index (χ4v) is 4.86. The molecule has 1 saturated heterocycles. The summed E-state index contributed by atoms with van der Waals surface area (Å²) in [5.41, 5.74) is 3.46. The molecule has 4 aromatic rings. The molecule has 1 amide bonds. The summed E-state index contributed by atoms with van der Waals surface area (Å²) in [6, 6.07) is 7.26. The minimum atomic E-state index is -0.363. The average Bonchev–Trinajstić information content (AvgIpc) is 3.28. The van der Waals surface area contributed by atoms with E-state index < -0.39 is 0 Å². The third kappa shape index (κ3) is 3.87. The van der Waals surface area contributed by atoms with Gasteiger partial charge in [-0.2, -0.15) is 0 Å². The lowest BCUT2D eigenvalue weighted by Crippen LogP contribution is -2.40. The lowest BCUT2D eigenvalue weighted by Gasteiger charge is -2.30. The molecule has 1 aromatic carbocycles. The monoisotopic (exact) mass is 468 g/mol. The summed E-state index contributed by atoms with van der Waals surface area (Å²) >= 11 is 7.94. The number of pyridine rings is 1. The maximum absolute atomic E-state index is 13.4. The highest BCUT2D eigenvalue weighted by Crippen LogP contribution is 2.31. The Morgan fingerprint density at radius 3 is 2.91 bits per heavy atom. The van der Waals surface area contributed by atoms with Gasteiger partial charge in [-0.25, -0.2) is 19.9 Å².